The standard InChI is InChI=1S/C21H19N3OS/c1-13-7-9-22-18(11-13)24-19(16-8-10-26-12-16)17-6-5-15-4-3-14(2)23-20(15)21(17)25/h3-12,19,25H,1-2H3,(H,22,24)/p+1/t19-/m1/s1. The predicted octanol–water partition coefficient (Wildman–Crippen LogP) is 4.63. The SMILES string of the molecule is Cc1cc[nH+]c(N[C@H](c2ccsc2)c2ccc3ccc(C)nc3c2O)c1. The summed E-state index contributed by atoms with van der Waals surface area (Å²) in [5.74, 6) is 1.13. The lowest BCUT2D eigenvalue weighted by molar-refractivity contribution is -0.361. The number of phenols is 1. The van der Waals surface area contributed by atoms with Crippen LogP contribution >= 0.6 is 11.3 Å². The molecule has 4 aromatic rings. The van der Waals surface area contributed by atoms with Crippen LogP contribution in [0.1, 0.15) is 28.4 Å². The van der Waals surface area contributed by atoms with Gasteiger partial charge in [0.05, 0.1) is 6.20 Å². The summed E-state index contributed by atoms with van der Waals surface area (Å²) in [6.45, 7) is 3.99. The van der Waals surface area contributed by atoms with Crippen molar-refractivity contribution in [3.05, 3.63) is 81.8 Å². The number of fused-ring (bicyclic) bond motifs is 1. The average molecular weight is 362 g/mol. The number of anilines is 1. The van der Waals surface area contributed by atoms with Crippen molar-refractivity contribution < 1.29 is 10.1 Å². The fraction of sp³-hybridized carbons (Fsp3) is 0.143. The smallest absolute Gasteiger partial charge is 0.273 e. The zero-order valence-corrected chi connectivity index (χ0v) is 15.5. The van der Waals surface area contributed by atoms with E-state index in [1.807, 2.05) is 48.8 Å². The topological polar surface area (TPSA) is 59.3 Å². The molecule has 0 aliphatic carbocycles. The number of pyridine rings is 2. The minimum atomic E-state index is -0.175. The number of nitrogens with one attached hydrogen (secondary N) is 2. The molecule has 3 N–H and O–H groups in total. The van der Waals surface area contributed by atoms with Gasteiger partial charge in [-0.3, -0.25) is 5.32 Å². The number of hydrogen-bond acceptors (Lipinski definition) is 4. The van der Waals surface area contributed by atoms with Gasteiger partial charge >= 0.3 is 0 Å². The molecule has 0 amide bonds. The van der Waals surface area contributed by atoms with Crippen molar-refractivity contribution in [3.8, 4) is 5.75 Å². The molecule has 4 nitrogen and oxygen atoms in total. The Labute approximate surface area is 156 Å². The van der Waals surface area contributed by atoms with Gasteiger partial charge in [-0.2, -0.15) is 11.3 Å². The summed E-state index contributed by atoms with van der Waals surface area (Å²) in [5.41, 5.74) is 4.60. The first-order valence-corrected chi connectivity index (χ1v) is 9.42. The summed E-state index contributed by atoms with van der Waals surface area (Å²) in [5, 5.41) is 19.6. The van der Waals surface area contributed by atoms with Crippen molar-refractivity contribution in [2.24, 2.45) is 0 Å². The van der Waals surface area contributed by atoms with Crippen molar-refractivity contribution in [2.75, 3.05) is 5.32 Å². The Balaban J connectivity index is 1.84. The fourth-order valence-electron chi connectivity index (χ4n) is 3.12. The lowest BCUT2D eigenvalue weighted by Gasteiger charge is -2.16. The third kappa shape index (κ3) is 3.13. The number of hydrogen-bond donors (Lipinski definition) is 2. The molecule has 26 heavy (non-hydrogen) atoms. The number of H-pyrrole nitrogens is 1. The van der Waals surface area contributed by atoms with Crippen LogP contribution in [0.4, 0.5) is 5.82 Å². The van der Waals surface area contributed by atoms with Crippen molar-refractivity contribution in [2.45, 2.75) is 19.9 Å². The second-order valence-electron chi connectivity index (χ2n) is 6.44. The molecular weight excluding hydrogens is 342 g/mol. The first-order valence-electron chi connectivity index (χ1n) is 8.48. The molecule has 3 heterocycles. The van der Waals surface area contributed by atoms with Crippen molar-refractivity contribution in [1.82, 2.24) is 4.98 Å². The van der Waals surface area contributed by atoms with Crippen LogP contribution in [0, 0.1) is 13.8 Å². The quantitative estimate of drug-likeness (QED) is 0.556. The average Bonchev–Trinajstić information content (AvgIpc) is 3.15. The molecule has 0 aliphatic rings. The van der Waals surface area contributed by atoms with Crippen molar-refractivity contribution >= 4 is 28.1 Å². The van der Waals surface area contributed by atoms with E-state index < -0.39 is 0 Å². The molecule has 0 aliphatic heterocycles. The van der Waals surface area contributed by atoms with Crippen LogP contribution in [0.3, 0.4) is 0 Å². The highest BCUT2D eigenvalue weighted by Gasteiger charge is 2.24. The lowest BCUT2D eigenvalue weighted by atomic mass is 9.98. The molecule has 0 unspecified atom stereocenters. The molecule has 0 fully saturated rings. The highest BCUT2D eigenvalue weighted by molar-refractivity contribution is 7.08. The molecule has 0 saturated carbocycles. The number of thiophene rings is 1. The number of rotatable bonds is 4. The third-order valence-corrected chi connectivity index (χ3v) is 5.15. The zero-order valence-electron chi connectivity index (χ0n) is 14.7. The van der Waals surface area contributed by atoms with E-state index in [9.17, 15) is 5.11 Å². The van der Waals surface area contributed by atoms with Gasteiger partial charge in [0.1, 0.15) is 17.3 Å². The van der Waals surface area contributed by atoms with E-state index in [1.165, 1.54) is 0 Å². The molecule has 3 aromatic heterocycles. The third-order valence-electron chi connectivity index (χ3n) is 4.45. The molecule has 0 spiro atoms. The Hall–Kier alpha value is -2.92. The minimum absolute atomic E-state index is 0.175. The summed E-state index contributed by atoms with van der Waals surface area (Å²) < 4.78 is 0. The molecule has 1 atom stereocenters. The van der Waals surface area contributed by atoms with E-state index in [-0.39, 0.29) is 11.8 Å². The summed E-state index contributed by atoms with van der Waals surface area (Å²) >= 11 is 1.64. The Kier molecular flexibility index (Phi) is 4.31. The Morgan fingerprint density at radius 1 is 1.12 bits per heavy atom. The van der Waals surface area contributed by atoms with E-state index in [2.05, 4.69) is 39.7 Å². The number of aryl methyl sites for hydroxylation is 2. The minimum Gasteiger partial charge on any atom is -0.505 e. The van der Waals surface area contributed by atoms with Gasteiger partial charge in [-0.15, -0.1) is 0 Å². The maximum Gasteiger partial charge on any atom is 0.273 e. The van der Waals surface area contributed by atoms with Crippen molar-refractivity contribution in [1.29, 1.82) is 0 Å². The normalized spacial score (nSPS) is 12.2. The van der Waals surface area contributed by atoms with Crippen LogP contribution in [0.15, 0.2) is 59.4 Å². The van der Waals surface area contributed by atoms with Crippen molar-refractivity contribution in [3.63, 3.8) is 0 Å². The van der Waals surface area contributed by atoms with Crippen LogP contribution in [-0.2, 0) is 0 Å². The van der Waals surface area contributed by atoms with Crippen LogP contribution in [-0.4, -0.2) is 10.1 Å². The van der Waals surface area contributed by atoms with Crippen LogP contribution in [0.2, 0.25) is 0 Å². The largest absolute Gasteiger partial charge is 0.505 e. The number of aromatic amines is 1. The molecular formula is C21H20N3OS+. The maximum absolute atomic E-state index is 11.0. The Morgan fingerprint density at radius 2 is 1.96 bits per heavy atom. The van der Waals surface area contributed by atoms with Gasteiger partial charge in [0.15, 0.2) is 0 Å². The van der Waals surface area contributed by atoms with E-state index in [0.717, 1.165) is 33.6 Å². The summed E-state index contributed by atoms with van der Waals surface area (Å²) in [6.07, 6.45) is 1.91. The second-order valence-corrected chi connectivity index (χ2v) is 7.22. The first-order chi connectivity index (χ1) is 12.6. The molecule has 0 saturated heterocycles. The zero-order chi connectivity index (χ0) is 18.1. The second kappa shape index (κ2) is 6.77. The van der Waals surface area contributed by atoms with E-state index in [1.54, 1.807) is 11.3 Å². The monoisotopic (exact) mass is 362 g/mol. The summed E-state index contributed by atoms with van der Waals surface area (Å²) in [7, 11) is 0. The van der Waals surface area contributed by atoms with Gasteiger partial charge in [-0.25, -0.2) is 9.97 Å². The lowest BCUT2D eigenvalue weighted by Crippen LogP contribution is -2.18. The maximum atomic E-state index is 11.0. The number of nitrogens with zero attached hydrogens (tertiary/aromatic N) is 1. The summed E-state index contributed by atoms with van der Waals surface area (Å²) in [6, 6.07) is 13.9. The first kappa shape index (κ1) is 16.5. The van der Waals surface area contributed by atoms with Gasteiger partial charge < -0.3 is 5.11 Å². The van der Waals surface area contributed by atoms with Gasteiger partial charge in [-0.05, 0) is 54.4 Å². The predicted molar refractivity (Wildman–Crippen MR) is 106 cm³/mol. The van der Waals surface area contributed by atoms with Gasteiger partial charge in [0.25, 0.3) is 5.82 Å². The van der Waals surface area contributed by atoms with E-state index in [0.29, 0.717) is 5.52 Å². The number of aromatic hydroxyl groups is 1. The Morgan fingerprint density at radius 3 is 2.73 bits per heavy atom. The summed E-state index contributed by atoms with van der Waals surface area (Å²) in [4.78, 5) is 7.77. The Bertz CT molecular complexity index is 1060. The fourth-order valence-corrected chi connectivity index (χ4v) is 3.80. The highest BCUT2D eigenvalue weighted by atomic mass is 32.1. The van der Waals surface area contributed by atoms with Gasteiger partial charge in [-0.1, -0.05) is 12.1 Å². The van der Waals surface area contributed by atoms with Gasteiger partial charge in [0, 0.05) is 28.3 Å². The van der Waals surface area contributed by atoms with Crippen LogP contribution in [0.5, 0.6) is 5.75 Å². The highest BCUT2D eigenvalue weighted by Crippen LogP contribution is 2.36. The molecule has 4 rings (SSSR count). The van der Waals surface area contributed by atoms with E-state index in [4.69, 9.17) is 0 Å². The molecule has 1 aromatic carbocycles. The molecule has 0 bridgehead atoms. The van der Waals surface area contributed by atoms with Crippen LogP contribution < -0.4 is 10.3 Å². The number of benzene rings is 1. The molecule has 5 heteroatoms. The number of phenolic OH excluding ortho intramolecular Hbond substituents is 1. The number of aromatic nitrogens is 2. The molecule has 0 radical (unpaired) electrons. The molecule has 130 valence electrons. The van der Waals surface area contributed by atoms with E-state index >= 15 is 0 Å². The van der Waals surface area contributed by atoms with Gasteiger partial charge in [0.2, 0.25) is 0 Å². The van der Waals surface area contributed by atoms with Crippen LogP contribution in [0.25, 0.3) is 10.9 Å².